The highest BCUT2D eigenvalue weighted by molar-refractivity contribution is 5.42. The van der Waals surface area contributed by atoms with E-state index in [4.69, 9.17) is 10.5 Å². The predicted molar refractivity (Wildman–Crippen MR) is 52.6 cm³/mol. The van der Waals surface area contributed by atoms with Gasteiger partial charge >= 0.3 is 6.36 Å². The molecule has 8 heteroatoms. The van der Waals surface area contributed by atoms with Crippen molar-refractivity contribution in [2.24, 2.45) is 5.73 Å². The molecule has 1 aromatic carbocycles. The van der Waals surface area contributed by atoms with Crippen molar-refractivity contribution in [1.82, 2.24) is 0 Å². The average molecular weight is 271 g/mol. The van der Waals surface area contributed by atoms with E-state index in [1.165, 1.54) is 0 Å². The summed E-state index contributed by atoms with van der Waals surface area (Å²) in [5.41, 5.74) is 5.10. The van der Waals surface area contributed by atoms with Crippen molar-refractivity contribution >= 4 is 0 Å². The SMILES string of the molecule is COc1cc(OC(F)(F)F)ccc1[C@H](N)C(F)F. The first kappa shape index (κ1) is 14.5. The van der Waals surface area contributed by atoms with Crippen molar-refractivity contribution < 1.29 is 31.4 Å². The third kappa shape index (κ3) is 3.73. The van der Waals surface area contributed by atoms with Gasteiger partial charge in [-0.1, -0.05) is 0 Å². The Kier molecular flexibility index (Phi) is 4.33. The molecule has 0 aliphatic carbocycles. The number of rotatable bonds is 4. The molecular formula is C10H10F5NO2. The van der Waals surface area contributed by atoms with Gasteiger partial charge in [-0.25, -0.2) is 8.78 Å². The maximum atomic E-state index is 12.4. The molecule has 0 saturated carbocycles. The molecule has 0 unspecified atom stereocenters. The van der Waals surface area contributed by atoms with Gasteiger partial charge in [-0.2, -0.15) is 0 Å². The van der Waals surface area contributed by atoms with Crippen LogP contribution < -0.4 is 15.2 Å². The third-order valence-corrected chi connectivity index (χ3v) is 2.07. The van der Waals surface area contributed by atoms with Gasteiger partial charge in [0, 0.05) is 11.6 Å². The van der Waals surface area contributed by atoms with E-state index in [0.717, 1.165) is 25.3 Å². The second-order valence-electron chi connectivity index (χ2n) is 3.31. The molecule has 3 nitrogen and oxygen atoms in total. The quantitative estimate of drug-likeness (QED) is 0.856. The molecular weight excluding hydrogens is 261 g/mol. The van der Waals surface area contributed by atoms with E-state index < -0.39 is 24.6 Å². The van der Waals surface area contributed by atoms with Gasteiger partial charge in [-0.15, -0.1) is 13.2 Å². The fourth-order valence-corrected chi connectivity index (χ4v) is 1.30. The largest absolute Gasteiger partial charge is 0.573 e. The molecule has 2 N–H and O–H groups in total. The molecule has 1 aromatic rings. The van der Waals surface area contributed by atoms with Crippen molar-refractivity contribution in [1.29, 1.82) is 0 Å². The molecule has 0 heterocycles. The van der Waals surface area contributed by atoms with Crippen molar-refractivity contribution in [2.45, 2.75) is 18.8 Å². The number of alkyl halides is 5. The Morgan fingerprint density at radius 3 is 2.28 bits per heavy atom. The summed E-state index contributed by atoms with van der Waals surface area (Å²) in [5, 5.41) is 0. The van der Waals surface area contributed by atoms with Crippen LogP contribution in [0.25, 0.3) is 0 Å². The maximum Gasteiger partial charge on any atom is 0.573 e. The maximum absolute atomic E-state index is 12.4. The summed E-state index contributed by atoms with van der Waals surface area (Å²) < 4.78 is 69.0. The molecule has 0 spiro atoms. The molecule has 1 atom stereocenters. The van der Waals surface area contributed by atoms with Crippen molar-refractivity contribution in [3.8, 4) is 11.5 Å². The molecule has 102 valence electrons. The number of ether oxygens (including phenoxy) is 2. The summed E-state index contributed by atoms with van der Waals surface area (Å²) in [6.45, 7) is 0. The van der Waals surface area contributed by atoms with Crippen LogP contribution in [-0.4, -0.2) is 19.9 Å². The van der Waals surface area contributed by atoms with E-state index in [1.807, 2.05) is 0 Å². The number of hydrogen-bond donors (Lipinski definition) is 1. The van der Waals surface area contributed by atoms with Gasteiger partial charge < -0.3 is 15.2 Å². The van der Waals surface area contributed by atoms with Crippen LogP contribution in [0.5, 0.6) is 11.5 Å². The summed E-state index contributed by atoms with van der Waals surface area (Å²) in [5.74, 6) is -0.755. The van der Waals surface area contributed by atoms with E-state index in [2.05, 4.69) is 4.74 Å². The zero-order chi connectivity index (χ0) is 13.9. The molecule has 0 aliphatic heterocycles. The standard InChI is InChI=1S/C10H10F5NO2/c1-17-7-4-5(18-10(13,14)15)2-3-6(7)8(16)9(11)12/h2-4,8-9H,16H2,1H3/t8-/m0/s1. The van der Waals surface area contributed by atoms with Crippen LogP contribution in [0.4, 0.5) is 22.0 Å². The lowest BCUT2D eigenvalue weighted by atomic mass is 10.1. The van der Waals surface area contributed by atoms with Crippen molar-refractivity contribution in [3.63, 3.8) is 0 Å². The zero-order valence-corrected chi connectivity index (χ0v) is 9.17. The fourth-order valence-electron chi connectivity index (χ4n) is 1.30. The van der Waals surface area contributed by atoms with Crippen LogP contribution in [-0.2, 0) is 0 Å². The van der Waals surface area contributed by atoms with Gasteiger partial charge in [0.15, 0.2) is 0 Å². The van der Waals surface area contributed by atoms with Gasteiger partial charge in [-0.05, 0) is 12.1 Å². The molecule has 0 radical (unpaired) electrons. The minimum absolute atomic E-state index is 0.0953. The fraction of sp³-hybridized carbons (Fsp3) is 0.400. The summed E-state index contributed by atoms with van der Waals surface area (Å²) >= 11 is 0. The molecule has 0 amide bonds. The van der Waals surface area contributed by atoms with Crippen LogP contribution in [0.2, 0.25) is 0 Å². The van der Waals surface area contributed by atoms with Gasteiger partial charge in [0.25, 0.3) is 6.43 Å². The topological polar surface area (TPSA) is 44.5 Å². The third-order valence-electron chi connectivity index (χ3n) is 2.07. The average Bonchev–Trinajstić information content (AvgIpc) is 2.25. The van der Waals surface area contributed by atoms with E-state index in [0.29, 0.717) is 0 Å². The molecule has 0 bridgehead atoms. The summed E-state index contributed by atoms with van der Waals surface area (Å²) in [4.78, 5) is 0. The highest BCUT2D eigenvalue weighted by atomic mass is 19.4. The van der Waals surface area contributed by atoms with Crippen molar-refractivity contribution in [2.75, 3.05) is 7.11 Å². The highest BCUT2D eigenvalue weighted by Gasteiger charge is 2.31. The Labute approximate surface area is 99.3 Å². The van der Waals surface area contributed by atoms with E-state index in [9.17, 15) is 22.0 Å². The Morgan fingerprint density at radius 1 is 1.22 bits per heavy atom. The lowest BCUT2D eigenvalue weighted by Gasteiger charge is -2.16. The summed E-state index contributed by atoms with van der Waals surface area (Å²) in [7, 11) is 1.13. The van der Waals surface area contributed by atoms with Gasteiger partial charge in [0.05, 0.1) is 13.2 Å². The number of hydrogen-bond acceptors (Lipinski definition) is 3. The first-order valence-electron chi connectivity index (χ1n) is 4.72. The normalized spacial score (nSPS) is 13.6. The summed E-state index contributed by atoms with van der Waals surface area (Å²) in [6, 6.07) is 1.12. The first-order valence-corrected chi connectivity index (χ1v) is 4.72. The van der Waals surface area contributed by atoms with E-state index in [-0.39, 0.29) is 11.3 Å². The Balaban J connectivity index is 3.04. The molecule has 0 fully saturated rings. The smallest absolute Gasteiger partial charge is 0.496 e. The molecule has 0 saturated heterocycles. The van der Waals surface area contributed by atoms with Crippen LogP contribution >= 0.6 is 0 Å². The number of halogens is 5. The first-order chi connectivity index (χ1) is 8.24. The van der Waals surface area contributed by atoms with Gasteiger partial charge in [-0.3, -0.25) is 0 Å². The lowest BCUT2D eigenvalue weighted by Crippen LogP contribution is -2.20. The highest BCUT2D eigenvalue weighted by Crippen LogP contribution is 2.33. The second-order valence-corrected chi connectivity index (χ2v) is 3.31. The Hall–Kier alpha value is -1.57. The minimum Gasteiger partial charge on any atom is -0.496 e. The van der Waals surface area contributed by atoms with Crippen LogP contribution in [0.15, 0.2) is 18.2 Å². The van der Waals surface area contributed by atoms with Gasteiger partial charge in [0.1, 0.15) is 11.5 Å². The van der Waals surface area contributed by atoms with Crippen LogP contribution in [0.3, 0.4) is 0 Å². The Morgan fingerprint density at radius 2 is 1.83 bits per heavy atom. The molecule has 1 rings (SSSR count). The zero-order valence-electron chi connectivity index (χ0n) is 9.17. The van der Waals surface area contributed by atoms with E-state index in [1.54, 1.807) is 0 Å². The second kappa shape index (κ2) is 5.38. The molecule has 18 heavy (non-hydrogen) atoms. The number of nitrogens with two attached hydrogens (primary N) is 1. The van der Waals surface area contributed by atoms with Crippen LogP contribution in [0, 0.1) is 0 Å². The minimum atomic E-state index is -4.86. The van der Waals surface area contributed by atoms with Gasteiger partial charge in [0.2, 0.25) is 0 Å². The number of benzene rings is 1. The van der Waals surface area contributed by atoms with Crippen molar-refractivity contribution in [3.05, 3.63) is 23.8 Å². The predicted octanol–water partition coefficient (Wildman–Crippen LogP) is 2.86. The molecule has 0 aliphatic rings. The lowest BCUT2D eigenvalue weighted by molar-refractivity contribution is -0.274. The monoisotopic (exact) mass is 271 g/mol. The van der Waals surface area contributed by atoms with Crippen LogP contribution in [0.1, 0.15) is 11.6 Å². The van der Waals surface area contributed by atoms with E-state index >= 15 is 0 Å². The Bertz CT molecular complexity index is 408. The number of methoxy groups -OCH3 is 1. The summed E-state index contributed by atoms with van der Waals surface area (Å²) in [6.07, 6.45) is -7.72. The molecule has 0 aromatic heterocycles.